The highest BCUT2D eigenvalue weighted by molar-refractivity contribution is 5.85. The van der Waals surface area contributed by atoms with Crippen molar-refractivity contribution in [2.75, 3.05) is 0 Å². The van der Waals surface area contributed by atoms with Gasteiger partial charge in [-0.1, -0.05) is 48.0 Å². The molecular weight excluding hydrogens is 282 g/mol. The molecule has 21 heavy (non-hydrogen) atoms. The fourth-order valence-corrected chi connectivity index (χ4v) is 2.05. The van der Waals surface area contributed by atoms with Gasteiger partial charge in [0.15, 0.2) is 0 Å². The van der Waals surface area contributed by atoms with Crippen LogP contribution < -0.4 is 10.5 Å². The molecule has 0 saturated carbocycles. The average molecular weight is 304 g/mol. The van der Waals surface area contributed by atoms with E-state index in [0.717, 1.165) is 28.9 Å². The first-order chi connectivity index (χ1) is 9.65. The Balaban J connectivity index is 0.00000220. The molecule has 0 bridgehead atoms. The molecule has 112 valence electrons. The Labute approximate surface area is 133 Å². The van der Waals surface area contributed by atoms with E-state index in [4.69, 9.17) is 10.5 Å². The van der Waals surface area contributed by atoms with Gasteiger partial charge in [-0.15, -0.1) is 19.0 Å². The van der Waals surface area contributed by atoms with E-state index in [1.165, 1.54) is 0 Å². The minimum absolute atomic E-state index is 0. The molecule has 0 saturated heterocycles. The Hall–Kier alpha value is -1.77. The molecule has 2 N–H and O–H groups in total. The summed E-state index contributed by atoms with van der Waals surface area (Å²) in [5.41, 5.74) is 9.48. The highest BCUT2D eigenvalue weighted by Crippen LogP contribution is 2.21. The molecule has 0 amide bonds. The third-order valence-corrected chi connectivity index (χ3v) is 3.12. The van der Waals surface area contributed by atoms with Gasteiger partial charge >= 0.3 is 0 Å². The third kappa shape index (κ3) is 5.62. The van der Waals surface area contributed by atoms with E-state index in [1.54, 1.807) is 0 Å². The number of ether oxygens (including phenoxy) is 1. The van der Waals surface area contributed by atoms with Crippen LogP contribution in [0.1, 0.15) is 30.5 Å². The van der Waals surface area contributed by atoms with Gasteiger partial charge < -0.3 is 10.5 Å². The molecule has 0 fully saturated rings. The number of halogens is 1. The van der Waals surface area contributed by atoms with Crippen LogP contribution in [0.2, 0.25) is 0 Å². The molecular formula is C18H22ClNO. The van der Waals surface area contributed by atoms with Gasteiger partial charge in [-0.25, -0.2) is 0 Å². The van der Waals surface area contributed by atoms with Gasteiger partial charge in [0.1, 0.15) is 12.4 Å². The standard InChI is InChI=1S/C18H21NO.ClH/c1-14(2)12-18(19)16-8-10-17(11-9-16)20-13-15-6-4-3-5-7-15;/h3-11,18H,1,12-13,19H2,2H3;1H/t18-;/m0./s1. The Morgan fingerprint density at radius 2 is 1.71 bits per heavy atom. The molecule has 0 aliphatic carbocycles. The maximum absolute atomic E-state index is 6.11. The van der Waals surface area contributed by atoms with E-state index >= 15 is 0 Å². The molecule has 2 nitrogen and oxygen atoms in total. The van der Waals surface area contributed by atoms with Crippen LogP contribution in [-0.4, -0.2) is 0 Å². The van der Waals surface area contributed by atoms with Gasteiger partial charge in [-0.3, -0.25) is 0 Å². The smallest absolute Gasteiger partial charge is 0.119 e. The van der Waals surface area contributed by atoms with Crippen LogP contribution in [0.5, 0.6) is 5.75 Å². The van der Waals surface area contributed by atoms with Crippen molar-refractivity contribution in [3.63, 3.8) is 0 Å². The molecule has 3 heteroatoms. The topological polar surface area (TPSA) is 35.2 Å². The predicted octanol–water partition coefficient (Wildman–Crippen LogP) is 4.65. The van der Waals surface area contributed by atoms with Gasteiger partial charge in [0.05, 0.1) is 0 Å². The fourth-order valence-electron chi connectivity index (χ4n) is 2.05. The zero-order valence-electron chi connectivity index (χ0n) is 12.3. The number of rotatable bonds is 6. The maximum atomic E-state index is 6.11. The van der Waals surface area contributed by atoms with Crippen molar-refractivity contribution >= 4 is 12.4 Å². The Morgan fingerprint density at radius 3 is 2.29 bits per heavy atom. The number of hydrogen-bond acceptors (Lipinski definition) is 2. The summed E-state index contributed by atoms with van der Waals surface area (Å²) in [6.45, 7) is 6.48. The average Bonchev–Trinajstić information content (AvgIpc) is 2.46. The molecule has 0 heterocycles. The van der Waals surface area contributed by atoms with Crippen LogP contribution in [0, 0.1) is 0 Å². The largest absolute Gasteiger partial charge is 0.489 e. The van der Waals surface area contributed by atoms with E-state index in [0.29, 0.717) is 6.61 Å². The molecule has 0 aromatic heterocycles. The quantitative estimate of drug-likeness (QED) is 0.788. The van der Waals surface area contributed by atoms with Crippen molar-refractivity contribution in [2.24, 2.45) is 5.73 Å². The van der Waals surface area contributed by atoms with E-state index in [-0.39, 0.29) is 18.4 Å². The maximum Gasteiger partial charge on any atom is 0.119 e. The number of hydrogen-bond donors (Lipinski definition) is 1. The lowest BCUT2D eigenvalue weighted by atomic mass is 10.0. The van der Waals surface area contributed by atoms with Gasteiger partial charge in [0.2, 0.25) is 0 Å². The Kier molecular flexibility index (Phi) is 7.00. The molecule has 0 spiro atoms. The van der Waals surface area contributed by atoms with Crippen LogP contribution in [-0.2, 0) is 6.61 Å². The van der Waals surface area contributed by atoms with Gasteiger partial charge in [-0.05, 0) is 36.6 Å². The lowest BCUT2D eigenvalue weighted by molar-refractivity contribution is 0.306. The fraction of sp³-hybridized carbons (Fsp3) is 0.222. The van der Waals surface area contributed by atoms with Crippen molar-refractivity contribution in [1.82, 2.24) is 0 Å². The van der Waals surface area contributed by atoms with Crippen molar-refractivity contribution in [3.8, 4) is 5.75 Å². The van der Waals surface area contributed by atoms with E-state index in [2.05, 4.69) is 18.7 Å². The molecule has 2 rings (SSSR count). The molecule has 0 radical (unpaired) electrons. The number of benzene rings is 2. The zero-order valence-corrected chi connectivity index (χ0v) is 13.1. The van der Waals surface area contributed by atoms with Gasteiger partial charge in [0.25, 0.3) is 0 Å². The Bertz CT molecular complexity index is 551. The third-order valence-electron chi connectivity index (χ3n) is 3.12. The summed E-state index contributed by atoms with van der Waals surface area (Å²) in [6.07, 6.45) is 0.810. The van der Waals surface area contributed by atoms with Crippen LogP contribution in [0.15, 0.2) is 66.7 Å². The molecule has 0 aliphatic rings. The molecule has 0 unspecified atom stereocenters. The molecule has 2 aromatic rings. The minimum atomic E-state index is 0. The second-order valence-electron chi connectivity index (χ2n) is 5.11. The van der Waals surface area contributed by atoms with Crippen LogP contribution in [0.4, 0.5) is 0 Å². The second-order valence-corrected chi connectivity index (χ2v) is 5.11. The zero-order chi connectivity index (χ0) is 14.4. The number of nitrogens with two attached hydrogens (primary N) is 1. The first-order valence-electron chi connectivity index (χ1n) is 6.82. The lowest BCUT2D eigenvalue weighted by Gasteiger charge is -2.13. The summed E-state index contributed by atoms with van der Waals surface area (Å²) in [6, 6.07) is 18.1. The summed E-state index contributed by atoms with van der Waals surface area (Å²) < 4.78 is 5.75. The second kappa shape index (κ2) is 8.50. The van der Waals surface area contributed by atoms with Crippen molar-refractivity contribution in [1.29, 1.82) is 0 Å². The summed E-state index contributed by atoms with van der Waals surface area (Å²) >= 11 is 0. The van der Waals surface area contributed by atoms with Crippen molar-refractivity contribution in [3.05, 3.63) is 77.9 Å². The highest BCUT2D eigenvalue weighted by Gasteiger charge is 2.06. The molecule has 2 aromatic carbocycles. The van der Waals surface area contributed by atoms with Gasteiger partial charge in [-0.2, -0.15) is 0 Å². The summed E-state index contributed by atoms with van der Waals surface area (Å²) in [4.78, 5) is 0. The first kappa shape index (κ1) is 17.3. The summed E-state index contributed by atoms with van der Waals surface area (Å²) in [5, 5.41) is 0. The predicted molar refractivity (Wildman–Crippen MR) is 90.8 cm³/mol. The lowest BCUT2D eigenvalue weighted by Crippen LogP contribution is -2.10. The van der Waals surface area contributed by atoms with Crippen molar-refractivity contribution < 1.29 is 4.74 Å². The molecule has 0 aliphatic heterocycles. The van der Waals surface area contributed by atoms with Crippen LogP contribution >= 0.6 is 12.4 Å². The SMILES string of the molecule is C=C(C)C[C@H](N)c1ccc(OCc2ccccc2)cc1.Cl. The van der Waals surface area contributed by atoms with E-state index in [9.17, 15) is 0 Å². The van der Waals surface area contributed by atoms with E-state index < -0.39 is 0 Å². The summed E-state index contributed by atoms with van der Waals surface area (Å²) in [5.74, 6) is 0.861. The normalized spacial score (nSPS) is 11.3. The highest BCUT2D eigenvalue weighted by atomic mass is 35.5. The molecule has 1 atom stereocenters. The first-order valence-corrected chi connectivity index (χ1v) is 6.82. The monoisotopic (exact) mass is 303 g/mol. The van der Waals surface area contributed by atoms with Crippen LogP contribution in [0.3, 0.4) is 0 Å². The minimum Gasteiger partial charge on any atom is -0.489 e. The van der Waals surface area contributed by atoms with Crippen LogP contribution in [0.25, 0.3) is 0 Å². The van der Waals surface area contributed by atoms with Gasteiger partial charge in [0, 0.05) is 6.04 Å². The Morgan fingerprint density at radius 1 is 1.10 bits per heavy atom. The van der Waals surface area contributed by atoms with Crippen molar-refractivity contribution in [2.45, 2.75) is 26.0 Å². The van der Waals surface area contributed by atoms with E-state index in [1.807, 2.05) is 49.4 Å². The summed E-state index contributed by atoms with van der Waals surface area (Å²) in [7, 11) is 0.